The lowest BCUT2D eigenvalue weighted by atomic mass is 10.1. The molecular weight excluding hydrogens is 703 g/mol. The van der Waals surface area contributed by atoms with E-state index in [0.29, 0.717) is 33.2 Å². The number of hydrogen-bond donors (Lipinski definition) is 2. The zero-order valence-electron chi connectivity index (χ0n) is 34.1. The van der Waals surface area contributed by atoms with Crippen molar-refractivity contribution in [1.82, 2.24) is 9.55 Å². The third-order valence-electron chi connectivity index (χ3n) is 11.0. The summed E-state index contributed by atoms with van der Waals surface area (Å²) in [6, 6.07) is 1.50. The van der Waals surface area contributed by atoms with E-state index in [9.17, 15) is 14.7 Å². The number of hydrogen-bond acceptors (Lipinski definition) is 9. The SMILES string of the molecule is CC(=O)Nc1ccn([C@@H]2O[C@H](COO[Si](C(C)C)(C(C)C)[SiH](C(C)C)C(C)C)[C@@H](OO[Si](C(C)C)(C(C)C)[SiH](C(C)C)C(C)C)[C@@H]2O)c(=O)n1. The Morgan fingerprint density at radius 3 is 1.66 bits per heavy atom. The Bertz CT molecular complexity index is 1240. The molecule has 1 aromatic heterocycles. The Balaban J connectivity index is 2.58. The first kappa shape index (κ1) is 45.1. The number of anilines is 1. The van der Waals surface area contributed by atoms with Crippen LogP contribution >= 0.6 is 0 Å². The molecular formula is C35H71N3O8Si4. The van der Waals surface area contributed by atoms with Crippen molar-refractivity contribution in [2.24, 2.45) is 0 Å². The van der Waals surface area contributed by atoms with Gasteiger partial charge >= 0.3 is 5.69 Å². The van der Waals surface area contributed by atoms with Gasteiger partial charge in [0, 0.05) is 13.1 Å². The van der Waals surface area contributed by atoms with Gasteiger partial charge in [0.1, 0.15) is 24.6 Å². The minimum absolute atomic E-state index is 0.00757. The number of aromatic nitrogens is 2. The molecule has 1 saturated heterocycles. The number of amides is 1. The average Bonchev–Trinajstić information content (AvgIpc) is 3.26. The Labute approximate surface area is 307 Å². The summed E-state index contributed by atoms with van der Waals surface area (Å²) in [6.45, 7) is 37.9. The van der Waals surface area contributed by atoms with E-state index in [1.807, 2.05) is 0 Å². The first-order valence-electron chi connectivity index (χ1n) is 18.9. The van der Waals surface area contributed by atoms with Crippen LogP contribution in [0.15, 0.2) is 17.1 Å². The van der Waals surface area contributed by atoms with E-state index in [1.54, 1.807) is 0 Å². The lowest BCUT2D eigenvalue weighted by Gasteiger charge is -2.46. The minimum Gasteiger partial charge on any atom is -0.385 e. The summed E-state index contributed by atoms with van der Waals surface area (Å²) in [5.41, 5.74) is 2.64. The molecule has 1 fully saturated rings. The maximum absolute atomic E-state index is 13.2. The van der Waals surface area contributed by atoms with E-state index in [1.165, 1.54) is 23.8 Å². The molecule has 0 spiro atoms. The van der Waals surface area contributed by atoms with Gasteiger partial charge in [-0.3, -0.25) is 18.5 Å². The van der Waals surface area contributed by atoms with Crippen molar-refractivity contribution >= 4 is 44.0 Å². The maximum Gasteiger partial charge on any atom is 0.351 e. The van der Waals surface area contributed by atoms with Crippen LogP contribution in [0.2, 0.25) is 44.3 Å². The molecule has 1 aliphatic heterocycles. The number of nitrogens with zero attached hydrogens (tertiary/aromatic N) is 2. The highest BCUT2D eigenvalue weighted by atomic mass is 29.2. The molecule has 0 radical (unpaired) electrons. The summed E-state index contributed by atoms with van der Waals surface area (Å²) >= 11 is 0. The van der Waals surface area contributed by atoms with Gasteiger partial charge in [0.05, 0.1) is 16.6 Å². The monoisotopic (exact) mass is 773 g/mol. The maximum atomic E-state index is 13.2. The summed E-state index contributed by atoms with van der Waals surface area (Å²) in [7, 11) is -7.90. The quantitative estimate of drug-likeness (QED) is 0.0834. The van der Waals surface area contributed by atoms with Crippen LogP contribution in [-0.4, -0.2) is 77.8 Å². The fraction of sp³-hybridized carbons (Fsp3) is 0.857. The second-order valence-corrected chi connectivity index (χ2v) is 42.3. The molecule has 15 heteroatoms. The Morgan fingerprint density at radius 1 is 0.840 bits per heavy atom. The second-order valence-electron chi connectivity index (χ2n) is 17.1. The molecule has 50 heavy (non-hydrogen) atoms. The molecule has 4 atom stereocenters. The van der Waals surface area contributed by atoms with Crippen molar-refractivity contribution in [3.05, 3.63) is 22.7 Å². The van der Waals surface area contributed by atoms with Crippen molar-refractivity contribution in [3.63, 3.8) is 0 Å². The number of aliphatic hydroxyl groups excluding tert-OH is 1. The van der Waals surface area contributed by atoms with Gasteiger partial charge < -0.3 is 15.2 Å². The molecule has 0 aromatic carbocycles. The van der Waals surface area contributed by atoms with Crippen LogP contribution in [-0.2, 0) is 28.5 Å². The molecule has 1 amide bonds. The first-order chi connectivity index (χ1) is 23.1. The zero-order chi connectivity index (χ0) is 38.5. The van der Waals surface area contributed by atoms with Crippen LogP contribution in [0.5, 0.6) is 0 Å². The van der Waals surface area contributed by atoms with Gasteiger partial charge in [-0.05, 0) is 28.2 Å². The molecule has 0 unspecified atom stereocenters. The summed E-state index contributed by atoms with van der Waals surface area (Å²) in [4.78, 5) is 41.6. The third-order valence-corrected chi connectivity index (χ3v) is 49.7. The average molecular weight is 774 g/mol. The summed E-state index contributed by atoms with van der Waals surface area (Å²) < 4.78 is 21.3. The van der Waals surface area contributed by atoms with Crippen LogP contribution in [0.1, 0.15) is 124 Å². The fourth-order valence-corrected chi connectivity index (χ4v) is 46.7. The molecule has 0 bridgehead atoms. The van der Waals surface area contributed by atoms with Crippen LogP contribution in [0.4, 0.5) is 5.82 Å². The number of carbonyl (C=O) groups is 1. The standard InChI is InChI=1S/C35H71N3O8Si4/c1-21(2)47(22(3)4)49(25(9)10,26(11)12)45-42-20-30-33(44-46-50(27(13)14,28(15)16)48(23(5)6)24(7)8)32(40)34(43-30)38-19-18-31(36-29(17)39)37-35(38)41/h18-19,21-28,30,32-34,40,47-48H,20H2,1-17H3,(H,36,37,39,41)/t30-,32+,33-,34-/m1/s1. The van der Waals surface area contributed by atoms with Crippen molar-refractivity contribution < 1.29 is 33.6 Å². The van der Waals surface area contributed by atoms with Gasteiger partial charge in [0.15, 0.2) is 12.3 Å². The summed E-state index contributed by atoms with van der Waals surface area (Å²) in [5, 5.41) is 14.4. The molecule has 2 heterocycles. The van der Waals surface area contributed by atoms with Crippen molar-refractivity contribution in [1.29, 1.82) is 0 Å². The van der Waals surface area contributed by atoms with E-state index < -0.39 is 62.5 Å². The predicted octanol–water partition coefficient (Wildman–Crippen LogP) is 7.51. The Morgan fingerprint density at radius 2 is 1.28 bits per heavy atom. The lowest BCUT2D eigenvalue weighted by molar-refractivity contribution is -0.296. The first-order valence-corrected chi connectivity index (χ1v) is 29.3. The van der Waals surface area contributed by atoms with E-state index in [2.05, 4.69) is 121 Å². The summed E-state index contributed by atoms with van der Waals surface area (Å²) in [6.07, 6.45) is -2.69. The highest BCUT2D eigenvalue weighted by Crippen LogP contribution is 2.46. The molecule has 1 aromatic rings. The second kappa shape index (κ2) is 18.8. The van der Waals surface area contributed by atoms with Crippen LogP contribution < -0.4 is 11.0 Å². The van der Waals surface area contributed by atoms with Crippen LogP contribution in [0.25, 0.3) is 0 Å². The van der Waals surface area contributed by atoms with E-state index in [4.69, 9.17) is 23.7 Å². The molecule has 2 N–H and O–H groups in total. The molecule has 0 aliphatic carbocycles. The van der Waals surface area contributed by atoms with Gasteiger partial charge in [0.25, 0.3) is 0 Å². The zero-order valence-corrected chi connectivity index (χ0v) is 38.5. The molecule has 11 nitrogen and oxygen atoms in total. The molecule has 0 saturated carbocycles. The van der Waals surface area contributed by atoms with E-state index in [-0.39, 0.29) is 29.4 Å². The van der Waals surface area contributed by atoms with Gasteiger partial charge in [0.2, 0.25) is 21.6 Å². The highest BCUT2D eigenvalue weighted by Gasteiger charge is 2.57. The van der Waals surface area contributed by atoms with Gasteiger partial charge in [-0.25, -0.2) is 14.6 Å². The van der Waals surface area contributed by atoms with Crippen LogP contribution in [0.3, 0.4) is 0 Å². The third kappa shape index (κ3) is 9.74. The summed E-state index contributed by atoms with van der Waals surface area (Å²) in [5.74, 6) is -0.221. The van der Waals surface area contributed by atoms with Crippen molar-refractivity contribution in [2.45, 2.75) is 187 Å². The largest absolute Gasteiger partial charge is 0.385 e. The predicted molar refractivity (Wildman–Crippen MR) is 212 cm³/mol. The van der Waals surface area contributed by atoms with Gasteiger partial charge in [-0.1, -0.05) is 133 Å². The number of carbonyl (C=O) groups excluding carboxylic acids is 1. The normalized spacial score (nSPS) is 20.9. The molecule has 2 rings (SSSR count). The smallest absolute Gasteiger partial charge is 0.351 e. The highest BCUT2D eigenvalue weighted by molar-refractivity contribution is 7.32. The van der Waals surface area contributed by atoms with Crippen molar-refractivity contribution in [3.8, 4) is 0 Å². The number of rotatable bonds is 19. The number of ether oxygens (including phenoxy) is 1. The van der Waals surface area contributed by atoms with Crippen LogP contribution in [0, 0.1) is 0 Å². The fourth-order valence-electron chi connectivity index (χ4n) is 9.39. The van der Waals surface area contributed by atoms with Crippen molar-refractivity contribution in [2.75, 3.05) is 11.9 Å². The Hall–Kier alpha value is -1.02. The topological polar surface area (TPSA) is 130 Å². The van der Waals surface area contributed by atoms with Gasteiger partial charge in [-0.2, -0.15) is 4.98 Å². The number of aliphatic hydroxyl groups is 1. The molecule has 1 aliphatic rings. The molecule has 290 valence electrons. The lowest BCUT2D eigenvalue weighted by Crippen LogP contribution is -2.62. The minimum atomic E-state index is -2.53. The van der Waals surface area contributed by atoms with E-state index in [0.717, 1.165) is 0 Å². The van der Waals surface area contributed by atoms with Gasteiger partial charge in [-0.15, -0.1) is 0 Å². The number of nitrogens with one attached hydrogen (secondary N) is 1. The Kier molecular flexibility index (Phi) is 17.0. The van der Waals surface area contributed by atoms with E-state index >= 15 is 0 Å².